The number of rotatable bonds is 0. The SMILES string of the molecule is N#C[O-].[K+].[Mo]. The van der Waals surface area contributed by atoms with Crippen LogP contribution in [0.2, 0.25) is 0 Å². The summed E-state index contributed by atoms with van der Waals surface area (Å²) in [5.41, 5.74) is 0. The third-order valence-corrected chi connectivity index (χ3v) is 0. The van der Waals surface area contributed by atoms with E-state index in [2.05, 4.69) is 0 Å². The molecule has 0 fully saturated rings. The van der Waals surface area contributed by atoms with Crippen molar-refractivity contribution in [3.8, 4) is 6.26 Å². The Hall–Kier alpha value is 1.61. The van der Waals surface area contributed by atoms with Crippen LogP contribution in [0, 0.1) is 11.5 Å². The second kappa shape index (κ2) is 17.5. The Morgan fingerprint density at radius 2 is 1.60 bits per heavy atom. The molecule has 0 atom stereocenters. The van der Waals surface area contributed by atoms with E-state index in [0.717, 1.165) is 0 Å². The molecule has 0 aliphatic carbocycles. The fraction of sp³-hybridized carbons (Fsp3) is 0. The molecule has 0 radical (unpaired) electrons. The van der Waals surface area contributed by atoms with Crippen LogP contribution < -0.4 is 56.5 Å². The van der Waals surface area contributed by atoms with Gasteiger partial charge >= 0.3 is 51.4 Å². The first-order chi connectivity index (χ1) is 1.41. The molecule has 4 heteroatoms. The molecular formula is CKMoNO. The summed E-state index contributed by atoms with van der Waals surface area (Å²) in [6, 6.07) is 0. The first-order valence-corrected chi connectivity index (χ1v) is 0.428. The zero-order chi connectivity index (χ0) is 2.71. The molecule has 0 aromatic carbocycles. The van der Waals surface area contributed by atoms with Crippen LogP contribution in [-0.2, 0) is 21.1 Å². The minimum Gasteiger partial charge on any atom is -0.812 e. The normalized spacial score (nSPS) is 1.40. The maximum absolute atomic E-state index is 8.24. The fourth-order valence-corrected chi connectivity index (χ4v) is 0. The quantitative estimate of drug-likeness (QED) is 0.278. The summed E-state index contributed by atoms with van der Waals surface area (Å²) in [6.07, 6.45) is 0.500. The summed E-state index contributed by atoms with van der Waals surface area (Å²) in [7, 11) is 0. The van der Waals surface area contributed by atoms with Crippen molar-refractivity contribution in [2.24, 2.45) is 0 Å². The second-order valence-corrected chi connectivity index (χ2v) is 0.0913. The third-order valence-electron chi connectivity index (χ3n) is 0. The van der Waals surface area contributed by atoms with Crippen LogP contribution in [0.15, 0.2) is 0 Å². The molecule has 0 aromatic heterocycles. The molecule has 5 heavy (non-hydrogen) atoms. The van der Waals surface area contributed by atoms with E-state index in [1.807, 2.05) is 0 Å². The average molecular weight is 177 g/mol. The number of nitriles is 1. The van der Waals surface area contributed by atoms with Crippen LogP contribution in [0.3, 0.4) is 0 Å². The smallest absolute Gasteiger partial charge is 0.812 e. The maximum atomic E-state index is 8.24. The molecular weight excluding hydrogens is 177 g/mol. The Labute approximate surface area is 87.2 Å². The van der Waals surface area contributed by atoms with Gasteiger partial charge in [0.25, 0.3) is 0 Å². The number of nitrogens with zero attached hydrogens (tertiary/aromatic N) is 1. The van der Waals surface area contributed by atoms with Gasteiger partial charge in [-0.05, 0) is 0 Å². The molecule has 0 aliphatic heterocycles. The van der Waals surface area contributed by atoms with E-state index in [-0.39, 0.29) is 72.4 Å². The molecule has 22 valence electrons. The van der Waals surface area contributed by atoms with Gasteiger partial charge in [0.1, 0.15) is 0 Å². The second-order valence-electron chi connectivity index (χ2n) is 0.0913. The largest absolute Gasteiger partial charge is 1.00 e. The van der Waals surface area contributed by atoms with Gasteiger partial charge in [-0.25, -0.2) is 5.26 Å². The molecule has 0 aromatic rings. The minimum atomic E-state index is 0. The van der Waals surface area contributed by atoms with Gasteiger partial charge in [-0.1, -0.05) is 0 Å². The maximum Gasteiger partial charge on any atom is 1.00 e. The molecule has 0 spiro atoms. The van der Waals surface area contributed by atoms with Crippen LogP contribution in [0.4, 0.5) is 0 Å². The predicted octanol–water partition coefficient (Wildman–Crippen LogP) is -4.17. The van der Waals surface area contributed by atoms with Gasteiger partial charge in [-0.15, -0.1) is 0 Å². The number of hydrogen-bond acceptors (Lipinski definition) is 2. The van der Waals surface area contributed by atoms with E-state index in [4.69, 9.17) is 10.4 Å². The minimum absolute atomic E-state index is 0. The Morgan fingerprint density at radius 3 is 1.60 bits per heavy atom. The average Bonchev–Trinajstić information content (AvgIpc) is 0.918. The van der Waals surface area contributed by atoms with Crippen molar-refractivity contribution < 1.29 is 77.6 Å². The van der Waals surface area contributed by atoms with Crippen LogP contribution in [-0.4, -0.2) is 0 Å². The zero-order valence-electron chi connectivity index (χ0n) is 2.76. The number of hydrogen-bond donors (Lipinski definition) is 0. The summed E-state index contributed by atoms with van der Waals surface area (Å²) < 4.78 is 0. The standard InChI is InChI=1S/CHNO.K.Mo/c2-1-3;;/h3H;;/q;+1;/p-1. The predicted molar refractivity (Wildman–Crippen MR) is 5.61 cm³/mol. The molecule has 0 unspecified atom stereocenters. The monoisotopic (exact) mass is 179 g/mol. The molecule has 0 heterocycles. The molecule has 2 nitrogen and oxygen atoms in total. The first kappa shape index (κ1) is 16.0. The van der Waals surface area contributed by atoms with Gasteiger partial charge in [-0.2, -0.15) is 0 Å². The molecule has 0 amide bonds. The van der Waals surface area contributed by atoms with E-state index in [9.17, 15) is 0 Å². The molecule has 0 bridgehead atoms. The van der Waals surface area contributed by atoms with Gasteiger partial charge in [0.05, 0.1) is 0 Å². The summed E-state index contributed by atoms with van der Waals surface area (Å²) in [4.78, 5) is 0. The summed E-state index contributed by atoms with van der Waals surface area (Å²) in [5, 5.41) is 15.0. The van der Waals surface area contributed by atoms with E-state index in [1.54, 1.807) is 0 Å². The van der Waals surface area contributed by atoms with Crippen molar-refractivity contribution >= 4 is 0 Å². The van der Waals surface area contributed by atoms with Crippen molar-refractivity contribution in [3.05, 3.63) is 0 Å². The van der Waals surface area contributed by atoms with Gasteiger partial charge in [0, 0.05) is 27.3 Å². The molecule has 0 rings (SSSR count). The fourth-order valence-electron chi connectivity index (χ4n) is 0. The summed E-state index contributed by atoms with van der Waals surface area (Å²) in [6.45, 7) is 0. The van der Waals surface area contributed by atoms with Crippen LogP contribution in [0.25, 0.3) is 0 Å². The molecule has 0 aliphatic rings. The van der Waals surface area contributed by atoms with Crippen LogP contribution >= 0.6 is 0 Å². The van der Waals surface area contributed by atoms with Crippen molar-refractivity contribution in [1.82, 2.24) is 0 Å². The summed E-state index contributed by atoms with van der Waals surface area (Å²) >= 11 is 0. The van der Waals surface area contributed by atoms with E-state index in [0.29, 0.717) is 6.26 Å². The Kier molecular flexibility index (Phi) is 55.8. The molecule has 0 saturated heterocycles. The Morgan fingerprint density at radius 1 is 1.60 bits per heavy atom. The van der Waals surface area contributed by atoms with E-state index in [1.165, 1.54) is 0 Å². The van der Waals surface area contributed by atoms with Crippen LogP contribution in [0.1, 0.15) is 0 Å². The van der Waals surface area contributed by atoms with Gasteiger partial charge in [0.2, 0.25) is 0 Å². The van der Waals surface area contributed by atoms with Crippen molar-refractivity contribution in [2.45, 2.75) is 0 Å². The third kappa shape index (κ3) is 28.1. The van der Waals surface area contributed by atoms with Crippen molar-refractivity contribution in [3.63, 3.8) is 0 Å². The summed E-state index contributed by atoms with van der Waals surface area (Å²) in [5.74, 6) is 0. The van der Waals surface area contributed by atoms with Gasteiger partial charge < -0.3 is 5.11 Å². The van der Waals surface area contributed by atoms with Crippen molar-refractivity contribution in [1.29, 1.82) is 5.26 Å². The molecule has 0 saturated carbocycles. The van der Waals surface area contributed by atoms with Crippen molar-refractivity contribution in [2.75, 3.05) is 0 Å². The van der Waals surface area contributed by atoms with Gasteiger partial charge in [-0.3, -0.25) is 0 Å². The van der Waals surface area contributed by atoms with Crippen LogP contribution in [0.5, 0.6) is 0 Å². The molecule has 0 N–H and O–H groups in total. The Balaban J connectivity index is -0.0000000200. The van der Waals surface area contributed by atoms with E-state index < -0.39 is 0 Å². The Bertz CT molecular complexity index is 33.1. The topological polar surface area (TPSA) is 46.8 Å². The zero-order valence-corrected chi connectivity index (χ0v) is 7.89. The van der Waals surface area contributed by atoms with E-state index >= 15 is 0 Å². The van der Waals surface area contributed by atoms with Gasteiger partial charge in [0.15, 0.2) is 0 Å². The first-order valence-electron chi connectivity index (χ1n) is 0.428.